The Morgan fingerprint density at radius 2 is 1.80 bits per heavy atom. The van der Waals surface area contributed by atoms with Gasteiger partial charge < -0.3 is 9.52 Å². The van der Waals surface area contributed by atoms with E-state index in [1.165, 1.54) is 0 Å². The largest absolute Gasteiger partial charge is 0.475 e. The van der Waals surface area contributed by atoms with Gasteiger partial charge >= 0.3 is 5.97 Å². The molecule has 4 heteroatoms. The summed E-state index contributed by atoms with van der Waals surface area (Å²) in [6.45, 7) is 0. The van der Waals surface area contributed by atoms with Crippen molar-refractivity contribution in [2.24, 2.45) is 0 Å². The van der Waals surface area contributed by atoms with Crippen molar-refractivity contribution in [3.8, 4) is 0 Å². The first-order valence-corrected chi connectivity index (χ1v) is 6.51. The van der Waals surface area contributed by atoms with Gasteiger partial charge in [0.1, 0.15) is 5.58 Å². The number of fused-ring (bicyclic) bond motifs is 1. The molecular formula is C16H11ClO3. The maximum Gasteiger partial charge on any atom is 0.372 e. The fourth-order valence-corrected chi connectivity index (χ4v) is 2.38. The van der Waals surface area contributed by atoms with Gasteiger partial charge in [0.25, 0.3) is 0 Å². The summed E-state index contributed by atoms with van der Waals surface area (Å²) < 4.78 is 5.43. The van der Waals surface area contributed by atoms with Crippen LogP contribution in [-0.4, -0.2) is 11.1 Å². The van der Waals surface area contributed by atoms with Crippen molar-refractivity contribution in [3.05, 3.63) is 70.4 Å². The second-order valence-electron chi connectivity index (χ2n) is 4.51. The lowest BCUT2D eigenvalue weighted by atomic mass is 10.0. The van der Waals surface area contributed by atoms with Gasteiger partial charge in [-0.25, -0.2) is 4.79 Å². The molecule has 0 radical (unpaired) electrons. The van der Waals surface area contributed by atoms with E-state index >= 15 is 0 Å². The van der Waals surface area contributed by atoms with Crippen molar-refractivity contribution in [3.63, 3.8) is 0 Å². The Balaban J connectivity index is 2.11. The molecule has 0 aliphatic heterocycles. The van der Waals surface area contributed by atoms with E-state index in [1.807, 2.05) is 30.3 Å². The quantitative estimate of drug-likeness (QED) is 0.777. The van der Waals surface area contributed by atoms with E-state index in [2.05, 4.69) is 0 Å². The summed E-state index contributed by atoms with van der Waals surface area (Å²) in [5, 5.41) is 10.8. The molecule has 1 aromatic heterocycles. The van der Waals surface area contributed by atoms with E-state index < -0.39 is 5.97 Å². The van der Waals surface area contributed by atoms with Crippen LogP contribution in [0.3, 0.4) is 0 Å². The number of furan rings is 1. The van der Waals surface area contributed by atoms with E-state index in [0.717, 1.165) is 10.9 Å². The minimum absolute atomic E-state index is 0.00106. The van der Waals surface area contributed by atoms with Gasteiger partial charge in [0.05, 0.1) is 0 Å². The standard InChI is InChI=1S/C16H11ClO3/c17-11-7-5-10(6-8-11)9-13-12-3-1-2-4-14(12)20-15(13)16(18)19/h1-8H,9H2,(H,18,19). The number of para-hydroxylation sites is 1. The van der Waals surface area contributed by atoms with Crippen molar-refractivity contribution in [1.29, 1.82) is 0 Å². The lowest BCUT2D eigenvalue weighted by Crippen LogP contribution is -1.99. The molecule has 2 aromatic carbocycles. The van der Waals surface area contributed by atoms with Crippen LogP contribution in [0.5, 0.6) is 0 Å². The molecule has 100 valence electrons. The molecule has 0 fully saturated rings. The molecule has 3 rings (SSSR count). The first-order valence-electron chi connectivity index (χ1n) is 6.13. The van der Waals surface area contributed by atoms with Gasteiger partial charge in [-0.05, 0) is 23.8 Å². The molecule has 0 saturated carbocycles. The van der Waals surface area contributed by atoms with Gasteiger partial charge in [0.15, 0.2) is 0 Å². The molecule has 0 atom stereocenters. The summed E-state index contributed by atoms with van der Waals surface area (Å²) in [4.78, 5) is 11.3. The lowest BCUT2D eigenvalue weighted by Gasteiger charge is -2.01. The van der Waals surface area contributed by atoms with Crippen LogP contribution in [0.1, 0.15) is 21.7 Å². The van der Waals surface area contributed by atoms with Crippen molar-refractivity contribution in [2.45, 2.75) is 6.42 Å². The predicted molar refractivity (Wildman–Crippen MR) is 77.4 cm³/mol. The minimum Gasteiger partial charge on any atom is -0.475 e. The molecule has 0 saturated heterocycles. The Morgan fingerprint density at radius 3 is 2.50 bits per heavy atom. The summed E-state index contributed by atoms with van der Waals surface area (Å²) in [6.07, 6.45) is 0.496. The van der Waals surface area contributed by atoms with Gasteiger partial charge in [-0.2, -0.15) is 0 Å². The molecule has 0 aliphatic rings. The third-order valence-electron chi connectivity index (χ3n) is 3.19. The summed E-state index contributed by atoms with van der Waals surface area (Å²) in [7, 11) is 0. The van der Waals surface area contributed by atoms with Crippen LogP contribution in [0.2, 0.25) is 5.02 Å². The average molecular weight is 287 g/mol. The molecule has 1 heterocycles. The highest BCUT2D eigenvalue weighted by Crippen LogP contribution is 2.28. The van der Waals surface area contributed by atoms with Crippen LogP contribution in [0, 0.1) is 0 Å². The lowest BCUT2D eigenvalue weighted by molar-refractivity contribution is 0.0663. The van der Waals surface area contributed by atoms with Crippen molar-refractivity contribution < 1.29 is 14.3 Å². The number of hydrogen-bond acceptors (Lipinski definition) is 2. The van der Waals surface area contributed by atoms with Gasteiger partial charge in [0, 0.05) is 22.4 Å². The Labute approximate surface area is 120 Å². The number of carboxylic acid groups (broad SMARTS) is 1. The van der Waals surface area contributed by atoms with Gasteiger partial charge in [0.2, 0.25) is 5.76 Å². The van der Waals surface area contributed by atoms with E-state index in [1.54, 1.807) is 18.2 Å². The topological polar surface area (TPSA) is 50.4 Å². The Kier molecular flexibility index (Phi) is 3.20. The van der Waals surface area contributed by atoms with Gasteiger partial charge in [-0.1, -0.05) is 41.9 Å². The molecule has 3 aromatic rings. The van der Waals surface area contributed by atoms with Crippen molar-refractivity contribution in [1.82, 2.24) is 0 Å². The molecule has 0 bridgehead atoms. The highest BCUT2D eigenvalue weighted by Gasteiger charge is 2.19. The Bertz CT molecular complexity index is 772. The number of carbonyl (C=O) groups is 1. The Hall–Kier alpha value is -2.26. The van der Waals surface area contributed by atoms with Crippen LogP contribution < -0.4 is 0 Å². The first-order chi connectivity index (χ1) is 9.65. The average Bonchev–Trinajstić information content (AvgIpc) is 2.81. The number of rotatable bonds is 3. The highest BCUT2D eigenvalue weighted by molar-refractivity contribution is 6.30. The number of carboxylic acids is 1. The number of benzene rings is 2. The van der Waals surface area contributed by atoms with Crippen LogP contribution >= 0.6 is 11.6 Å². The zero-order valence-corrected chi connectivity index (χ0v) is 11.2. The van der Waals surface area contributed by atoms with E-state index in [4.69, 9.17) is 16.0 Å². The van der Waals surface area contributed by atoms with Crippen LogP contribution in [-0.2, 0) is 6.42 Å². The van der Waals surface area contributed by atoms with Crippen LogP contribution in [0.15, 0.2) is 52.9 Å². The second-order valence-corrected chi connectivity index (χ2v) is 4.95. The third kappa shape index (κ3) is 2.28. The SMILES string of the molecule is O=C(O)c1oc2ccccc2c1Cc1ccc(Cl)cc1. The highest BCUT2D eigenvalue weighted by atomic mass is 35.5. The fraction of sp³-hybridized carbons (Fsp3) is 0.0625. The summed E-state index contributed by atoms with van der Waals surface area (Å²) in [5.41, 5.74) is 2.27. The number of halogens is 1. The predicted octanol–water partition coefficient (Wildman–Crippen LogP) is 4.38. The molecular weight excluding hydrogens is 276 g/mol. The summed E-state index contributed by atoms with van der Waals surface area (Å²) in [6, 6.07) is 14.7. The maximum absolute atomic E-state index is 11.3. The van der Waals surface area contributed by atoms with Gasteiger partial charge in [-0.15, -0.1) is 0 Å². The Morgan fingerprint density at radius 1 is 1.10 bits per heavy atom. The molecule has 1 N–H and O–H groups in total. The zero-order valence-electron chi connectivity index (χ0n) is 10.5. The molecule has 20 heavy (non-hydrogen) atoms. The molecule has 0 amide bonds. The molecule has 0 aliphatic carbocycles. The zero-order chi connectivity index (χ0) is 14.1. The number of hydrogen-bond donors (Lipinski definition) is 1. The van der Waals surface area contributed by atoms with E-state index in [0.29, 0.717) is 22.6 Å². The fourth-order valence-electron chi connectivity index (χ4n) is 2.25. The van der Waals surface area contributed by atoms with Gasteiger partial charge in [-0.3, -0.25) is 0 Å². The molecule has 3 nitrogen and oxygen atoms in total. The van der Waals surface area contributed by atoms with Crippen LogP contribution in [0.4, 0.5) is 0 Å². The maximum atomic E-state index is 11.3. The smallest absolute Gasteiger partial charge is 0.372 e. The number of aromatic carboxylic acids is 1. The van der Waals surface area contributed by atoms with Crippen molar-refractivity contribution in [2.75, 3.05) is 0 Å². The summed E-state index contributed by atoms with van der Waals surface area (Å²) in [5.74, 6) is -1.05. The third-order valence-corrected chi connectivity index (χ3v) is 3.44. The molecule has 0 spiro atoms. The monoisotopic (exact) mass is 286 g/mol. The van der Waals surface area contributed by atoms with E-state index in [9.17, 15) is 9.90 Å². The van der Waals surface area contributed by atoms with E-state index in [-0.39, 0.29) is 5.76 Å². The van der Waals surface area contributed by atoms with Crippen molar-refractivity contribution >= 4 is 28.5 Å². The van der Waals surface area contributed by atoms with Crippen LogP contribution in [0.25, 0.3) is 11.0 Å². The second kappa shape index (κ2) is 5.02. The summed E-state index contributed by atoms with van der Waals surface area (Å²) >= 11 is 5.86. The minimum atomic E-state index is -1.05. The molecule has 0 unspecified atom stereocenters. The first kappa shape index (κ1) is 12.8. The normalized spacial score (nSPS) is 10.8.